The number of ether oxygens (including phenoxy) is 2. The first-order chi connectivity index (χ1) is 6.09. The molecule has 0 spiro atoms. The first-order valence-electron chi connectivity index (χ1n) is 4.50. The van der Waals surface area contributed by atoms with Gasteiger partial charge < -0.3 is 15.2 Å². The maximum atomic E-state index is 11.2. The van der Waals surface area contributed by atoms with Crippen molar-refractivity contribution in [1.29, 1.82) is 0 Å². The highest BCUT2D eigenvalue weighted by molar-refractivity contribution is 5.72. The predicted molar refractivity (Wildman–Crippen MR) is 50.3 cm³/mol. The summed E-state index contributed by atoms with van der Waals surface area (Å²) in [4.78, 5) is 11.2. The molecule has 0 aromatic rings. The van der Waals surface area contributed by atoms with E-state index >= 15 is 0 Å². The lowest BCUT2D eigenvalue weighted by atomic mass is 10.1. The zero-order valence-electron chi connectivity index (χ0n) is 8.58. The van der Waals surface area contributed by atoms with Crippen LogP contribution in [0.3, 0.4) is 0 Å². The maximum absolute atomic E-state index is 11.2. The minimum atomic E-state index is -0.234. The summed E-state index contributed by atoms with van der Waals surface area (Å²) in [6.45, 7) is 4.58. The molecule has 2 N–H and O–H groups in total. The summed E-state index contributed by atoms with van der Waals surface area (Å²) < 4.78 is 9.78. The molecule has 0 aliphatic rings. The highest BCUT2D eigenvalue weighted by Gasteiger charge is 2.17. The van der Waals surface area contributed by atoms with Crippen LogP contribution < -0.4 is 5.73 Å². The van der Waals surface area contributed by atoms with Crippen LogP contribution in [0.15, 0.2) is 0 Å². The molecule has 13 heavy (non-hydrogen) atoms. The van der Waals surface area contributed by atoms with Crippen molar-refractivity contribution < 1.29 is 14.3 Å². The standard InChI is InChI=1S/C9H19NO3/c1-7(8(2)10)9(11)13-6-4-5-12-3/h7-8H,4-6,10H2,1-3H3. The van der Waals surface area contributed by atoms with E-state index < -0.39 is 0 Å². The fourth-order valence-electron chi connectivity index (χ4n) is 0.722. The third-order valence-electron chi connectivity index (χ3n) is 1.90. The van der Waals surface area contributed by atoms with Crippen LogP contribution >= 0.6 is 0 Å². The quantitative estimate of drug-likeness (QED) is 0.489. The third-order valence-corrected chi connectivity index (χ3v) is 1.90. The molecular formula is C9H19NO3. The zero-order valence-corrected chi connectivity index (χ0v) is 8.58. The highest BCUT2D eigenvalue weighted by atomic mass is 16.5. The van der Waals surface area contributed by atoms with Crippen LogP contribution in [0.4, 0.5) is 0 Å². The molecular weight excluding hydrogens is 170 g/mol. The molecule has 2 atom stereocenters. The number of rotatable bonds is 6. The summed E-state index contributed by atoms with van der Waals surface area (Å²) >= 11 is 0. The van der Waals surface area contributed by atoms with Crippen LogP contribution in [0, 0.1) is 5.92 Å². The van der Waals surface area contributed by atoms with Gasteiger partial charge in [-0.1, -0.05) is 6.92 Å². The van der Waals surface area contributed by atoms with E-state index in [-0.39, 0.29) is 17.9 Å². The van der Waals surface area contributed by atoms with Gasteiger partial charge in [0.05, 0.1) is 12.5 Å². The fraction of sp³-hybridized carbons (Fsp3) is 0.889. The second-order valence-electron chi connectivity index (χ2n) is 3.16. The first kappa shape index (κ1) is 12.4. The van der Waals surface area contributed by atoms with E-state index in [9.17, 15) is 4.79 Å². The summed E-state index contributed by atoms with van der Waals surface area (Å²) in [6, 6.07) is -0.157. The number of nitrogens with two attached hydrogens (primary N) is 1. The van der Waals surface area contributed by atoms with Crippen molar-refractivity contribution in [3.8, 4) is 0 Å². The van der Waals surface area contributed by atoms with Gasteiger partial charge in [0.1, 0.15) is 0 Å². The second kappa shape index (κ2) is 6.86. The smallest absolute Gasteiger partial charge is 0.310 e. The lowest BCUT2D eigenvalue weighted by Crippen LogP contribution is -2.32. The van der Waals surface area contributed by atoms with E-state index in [1.807, 2.05) is 0 Å². The minimum absolute atomic E-state index is 0.157. The molecule has 0 aliphatic carbocycles. The fourth-order valence-corrected chi connectivity index (χ4v) is 0.722. The molecule has 0 fully saturated rings. The Labute approximate surface area is 79.4 Å². The molecule has 0 aliphatic heterocycles. The molecule has 0 radical (unpaired) electrons. The molecule has 0 bridgehead atoms. The molecule has 0 rings (SSSR count). The van der Waals surface area contributed by atoms with Crippen molar-refractivity contribution in [1.82, 2.24) is 0 Å². The van der Waals surface area contributed by atoms with E-state index in [1.165, 1.54) is 0 Å². The van der Waals surface area contributed by atoms with Gasteiger partial charge in [0.15, 0.2) is 0 Å². The van der Waals surface area contributed by atoms with E-state index in [2.05, 4.69) is 0 Å². The van der Waals surface area contributed by atoms with Crippen LogP contribution in [-0.2, 0) is 14.3 Å². The summed E-state index contributed by atoms with van der Waals surface area (Å²) in [5.74, 6) is -0.464. The largest absolute Gasteiger partial charge is 0.465 e. The van der Waals surface area contributed by atoms with Gasteiger partial charge in [0, 0.05) is 26.2 Å². The van der Waals surface area contributed by atoms with Crippen molar-refractivity contribution in [2.24, 2.45) is 11.7 Å². The molecule has 0 heterocycles. The number of methoxy groups -OCH3 is 1. The van der Waals surface area contributed by atoms with Gasteiger partial charge >= 0.3 is 5.97 Å². The Morgan fingerprint density at radius 1 is 1.38 bits per heavy atom. The van der Waals surface area contributed by atoms with Crippen molar-refractivity contribution in [2.75, 3.05) is 20.3 Å². The third kappa shape index (κ3) is 5.60. The number of carbonyl (C=O) groups is 1. The van der Waals surface area contributed by atoms with Gasteiger partial charge in [0.2, 0.25) is 0 Å². The van der Waals surface area contributed by atoms with E-state index in [0.29, 0.717) is 13.2 Å². The van der Waals surface area contributed by atoms with Gasteiger partial charge in [-0.2, -0.15) is 0 Å². The number of hydrogen-bond donors (Lipinski definition) is 1. The minimum Gasteiger partial charge on any atom is -0.465 e. The zero-order chi connectivity index (χ0) is 10.3. The summed E-state index contributed by atoms with van der Waals surface area (Å²) in [5, 5.41) is 0. The average molecular weight is 189 g/mol. The molecule has 0 saturated carbocycles. The summed E-state index contributed by atoms with van der Waals surface area (Å²) in [6.07, 6.45) is 0.730. The molecule has 4 nitrogen and oxygen atoms in total. The SMILES string of the molecule is COCCCOC(=O)C(C)C(C)N. The Bertz CT molecular complexity index is 148. The molecule has 0 amide bonds. The second-order valence-corrected chi connectivity index (χ2v) is 3.16. The van der Waals surface area contributed by atoms with Crippen LogP contribution in [0.1, 0.15) is 20.3 Å². The highest BCUT2D eigenvalue weighted by Crippen LogP contribution is 2.02. The van der Waals surface area contributed by atoms with Crippen molar-refractivity contribution >= 4 is 5.97 Å². The predicted octanol–water partition coefficient (Wildman–Crippen LogP) is 0.549. The van der Waals surface area contributed by atoms with Gasteiger partial charge in [0.25, 0.3) is 0 Å². The van der Waals surface area contributed by atoms with Crippen LogP contribution in [0.2, 0.25) is 0 Å². The lowest BCUT2D eigenvalue weighted by Gasteiger charge is -2.14. The Morgan fingerprint density at radius 3 is 2.46 bits per heavy atom. The lowest BCUT2D eigenvalue weighted by molar-refractivity contribution is -0.148. The van der Waals surface area contributed by atoms with E-state index in [0.717, 1.165) is 6.42 Å². The van der Waals surface area contributed by atoms with Gasteiger partial charge in [-0.25, -0.2) is 0 Å². The number of carbonyl (C=O) groups excluding carboxylic acids is 1. The van der Waals surface area contributed by atoms with Crippen molar-refractivity contribution in [2.45, 2.75) is 26.3 Å². The Hall–Kier alpha value is -0.610. The molecule has 4 heteroatoms. The molecule has 0 saturated heterocycles. The Morgan fingerprint density at radius 2 is 2.00 bits per heavy atom. The molecule has 0 aromatic heterocycles. The van der Waals surface area contributed by atoms with Crippen molar-refractivity contribution in [3.63, 3.8) is 0 Å². The van der Waals surface area contributed by atoms with Crippen LogP contribution in [0.25, 0.3) is 0 Å². The van der Waals surface area contributed by atoms with Gasteiger partial charge in [-0.15, -0.1) is 0 Å². The molecule has 78 valence electrons. The maximum Gasteiger partial charge on any atom is 0.310 e. The average Bonchev–Trinajstić information content (AvgIpc) is 2.10. The first-order valence-corrected chi connectivity index (χ1v) is 4.50. The van der Waals surface area contributed by atoms with Crippen molar-refractivity contribution in [3.05, 3.63) is 0 Å². The van der Waals surface area contributed by atoms with Gasteiger partial charge in [-0.3, -0.25) is 4.79 Å². The Balaban J connectivity index is 3.50. The Kier molecular flexibility index (Phi) is 6.54. The number of hydrogen-bond acceptors (Lipinski definition) is 4. The topological polar surface area (TPSA) is 61.5 Å². The van der Waals surface area contributed by atoms with Crippen LogP contribution in [0.5, 0.6) is 0 Å². The molecule has 2 unspecified atom stereocenters. The monoisotopic (exact) mass is 189 g/mol. The summed E-state index contributed by atoms with van der Waals surface area (Å²) in [5.41, 5.74) is 5.54. The number of esters is 1. The molecule has 0 aromatic carbocycles. The van der Waals surface area contributed by atoms with E-state index in [1.54, 1.807) is 21.0 Å². The van der Waals surface area contributed by atoms with Crippen LogP contribution in [-0.4, -0.2) is 32.3 Å². The summed E-state index contributed by atoms with van der Waals surface area (Å²) in [7, 11) is 1.62. The van der Waals surface area contributed by atoms with E-state index in [4.69, 9.17) is 15.2 Å². The normalized spacial score (nSPS) is 15.1. The van der Waals surface area contributed by atoms with Gasteiger partial charge in [-0.05, 0) is 6.92 Å².